The number of carboxylic acids is 1. The van der Waals surface area contributed by atoms with Crippen molar-refractivity contribution in [3.8, 4) is 0 Å². The van der Waals surface area contributed by atoms with Crippen LogP contribution in [0.2, 0.25) is 0 Å². The van der Waals surface area contributed by atoms with Crippen LogP contribution in [0.25, 0.3) is 0 Å². The number of hydrogen-bond acceptors (Lipinski definition) is 2. The first kappa shape index (κ1) is 13.4. The number of aliphatic carboxylic acids is 1. The van der Waals surface area contributed by atoms with Crippen molar-refractivity contribution in [2.75, 3.05) is 0 Å². The van der Waals surface area contributed by atoms with Crippen LogP contribution < -0.4 is 5.32 Å². The van der Waals surface area contributed by atoms with E-state index in [9.17, 15) is 14.7 Å². The van der Waals surface area contributed by atoms with Crippen LogP contribution >= 0.6 is 0 Å². The third-order valence-corrected chi connectivity index (χ3v) is 4.81. The van der Waals surface area contributed by atoms with Gasteiger partial charge in [-0.05, 0) is 44.4 Å². The number of carboxylic acid groups (broad SMARTS) is 1. The maximum absolute atomic E-state index is 12.1. The molecule has 0 radical (unpaired) electrons. The fourth-order valence-electron chi connectivity index (χ4n) is 3.11. The molecule has 0 aromatic carbocycles. The highest BCUT2D eigenvalue weighted by molar-refractivity contribution is 6.02. The SMILES string of the molecule is CCC1CCC(NC(=O)C2(C(=O)O)CCC2)CC1. The van der Waals surface area contributed by atoms with Crippen molar-refractivity contribution in [3.05, 3.63) is 0 Å². The lowest BCUT2D eigenvalue weighted by molar-refractivity contribution is -0.162. The van der Waals surface area contributed by atoms with Crippen molar-refractivity contribution < 1.29 is 14.7 Å². The zero-order valence-electron chi connectivity index (χ0n) is 11.1. The topological polar surface area (TPSA) is 66.4 Å². The smallest absolute Gasteiger partial charge is 0.319 e. The first-order valence-electron chi connectivity index (χ1n) is 7.13. The second kappa shape index (κ2) is 5.29. The number of nitrogens with one attached hydrogen (secondary N) is 1. The quantitative estimate of drug-likeness (QED) is 0.756. The van der Waals surface area contributed by atoms with E-state index in [1.807, 2.05) is 0 Å². The summed E-state index contributed by atoms with van der Waals surface area (Å²) in [7, 11) is 0. The molecule has 2 fully saturated rings. The molecule has 0 heterocycles. The molecule has 0 unspecified atom stereocenters. The van der Waals surface area contributed by atoms with E-state index in [4.69, 9.17) is 0 Å². The fraction of sp³-hybridized carbons (Fsp3) is 0.857. The first-order chi connectivity index (χ1) is 8.58. The van der Waals surface area contributed by atoms with Crippen molar-refractivity contribution in [3.63, 3.8) is 0 Å². The van der Waals surface area contributed by atoms with Crippen molar-refractivity contribution in [1.29, 1.82) is 0 Å². The normalized spacial score (nSPS) is 30.3. The summed E-state index contributed by atoms with van der Waals surface area (Å²) in [4.78, 5) is 23.3. The molecule has 0 saturated heterocycles. The van der Waals surface area contributed by atoms with Crippen LogP contribution in [-0.2, 0) is 9.59 Å². The van der Waals surface area contributed by atoms with Crippen LogP contribution in [0.15, 0.2) is 0 Å². The van der Waals surface area contributed by atoms with Crippen molar-refractivity contribution in [1.82, 2.24) is 5.32 Å². The Kier molecular flexibility index (Phi) is 3.93. The van der Waals surface area contributed by atoms with Gasteiger partial charge in [-0.3, -0.25) is 9.59 Å². The monoisotopic (exact) mass is 253 g/mol. The predicted octanol–water partition coefficient (Wildman–Crippen LogP) is 2.33. The standard InChI is InChI=1S/C14H23NO3/c1-2-10-4-6-11(7-5-10)15-12(16)14(13(17)18)8-3-9-14/h10-11H,2-9H2,1H3,(H,15,16)(H,17,18). The van der Waals surface area contributed by atoms with E-state index in [1.54, 1.807) is 0 Å². The van der Waals surface area contributed by atoms with Crippen LogP contribution in [0.4, 0.5) is 0 Å². The van der Waals surface area contributed by atoms with Crippen LogP contribution in [0.5, 0.6) is 0 Å². The Hall–Kier alpha value is -1.06. The van der Waals surface area contributed by atoms with Crippen LogP contribution in [0.1, 0.15) is 58.3 Å². The van der Waals surface area contributed by atoms with Crippen molar-refractivity contribution >= 4 is 11.9 Å². The molecule has 0 aromatic rings. The largest absolute Gasteiger partial charge is 0.480 e. The van der Waals surface area contributed by atoms with E-state index in [1.165, 1.54) is 6.42 Å². The van der Waals surface area contributed by atoms with Crippen molar-refractivity contribution in [2.45, 2.75) is 64.3 Å². The van der Waals surface area contributed by atoms with E-state index >= 15 is 0 Å². The lowest BCUT2D eigenvalue weighted by Crippen LogP contribution is -2.53. The number of carbonyl (C=O) groups is 2. The maximum Gasteiger partial charge on any atom is 0.319 e. The summed E-state index contributed by atoms with van der Waals surface area (Å²) in [6, 6.07) is 0.192. The van der Waals surface area contributed by atoms with Crippen LogP contribution in [-0.4, -0.2) is 23.0 Å². The van der Waals surface area contributed by atoms with E-state index in [0.29, 0.717) is 12.8 Å². The Labute approximate surface area is 108 Å². The zero-order chi connectivity index (χ0) is 13.2. The van der Waals surface area contributed by atoms with E-state index in [-0.39, 0.29) is 11.9 Å². The van der Waals surface area contributed by atoms with Crippen molar-refractivity contribution in [2.24, 2.45) is 11.3 Å². The summed E-state index contributed by atoms with van der Waals surface area (Å²) in [6.07, 6.45) is 7.36. The number of hydrogen-bond donors (Lipinski definition) is 2. The van der Waals surface area contributed by atoms with Gasteiger partial charge in [-0.25, -0.2) is 0 Å². The summed E-state index contributed by atoms with van der Waals surface area (Å²) >= 11 is 0. The third-order valence-electron chi connectivity index (χ3n) is 4.81. The molecule has 2 aliphatic rings. The third kappa shape index (κ3) is 2.38. The molecule has 1 amide bonds. The Morgan fingerprint density at radius 1 is 1.22 bits per heavy atom. The molecule has 0 aliphatic heterocycles. The van der Waals surface area contributed by atoms with Gasteiger partial charge in [0.25, 0.3) is 0 Å². The molecular formula is C14H23NO3. The summed E-state index contributed by atoms with van der Waals surface area (Å²) in [5.41, 5.74) is -1.11. The van der Waals surface area contributed by atoms with Gasteiger partial charge in [0.2, 0.25) is 5.91 Å². The zero-order valence-corrected chi connectivity index (χ0v) is 11.1. The van der Waals surface area contributed by atoms with E-state index in [2.05, 4.69) is 12.2 Å². The molecule has 4 nitrogen and oxygen atoms in total. The predicted molar refractivity (Wildman–Crippen MR) is 68.1 cm³/mol. The molecule has 0 bridgehead atoms. The molecule has 102 valence electrons. The number of amides is 1. The molecule has 0 spiro atoms. The van der Waals surface area contributed by atoms with Gasteiger partial charge in [0.05, 0.1) is 0 Å². The van der Waals surface area contributed by atoms with Gasteiger partial charge in [0.15, 0.2) is 0 Å². The van der Waals surface area contributed by atoms with Crippen LogP contribution in [0, 0.1) is 11.3 Å². The van der Waals surface area contributed by atoms with Crippen LogP contribution in [0.3, 0.4) is 0 Å². The molecule has 0 atom stereocenters. The van der Waals surface area contributed by atoms with Gasteiger partial charge in [-0.15, -0.1) is 0 Å². The highest BCUT2D eigenvalue weighted by atomic mass is 16.4. The minimum atomic E-state index is -1.11. The van der Waals surface area contributed by atoms with Gasteiger partial charge in [0.1, 0.15) is 5.41 Å². The van der Waals surface area contributed by atoms with E-state index < -0.39 is 11.4 Å². The second-order valence-corrected chi connectivity index (χ2v) is 5.84. The molecular weight excluding hydrogens is 230 g/mol. The minimum Gasteiger partial charge on any atom is -0.480 e. The average molecular weight is 253 g/mol. The molecule has 0 aromatic heterocycles. The number of carbonyl (C=O) groups excluding carboxylic acids is 1. The summed E-state index contributed by atoms with van der Waals surface area (Å²) in [6.45, 7) is 2.21. The van der Waals surface area contributed by atoms with Gasteiger partial charge < -0.3 is 10.4 Å². The molecule has 2 rings (SSSR count). The Balaban J connectivity index is 1.86. The lowest BCUT2D eigenvalue weighted by atomic mass is 9.68. The maximum atomic E-state index is 12.1. The van der Waals surface area contributed by atoms with Gasteiger partial charge in [0, 0.05) is 6.04 Å². The highest BCUT2D eigenvalue weighted by Gasteiger charge is 2.51. The number of rotatable bonds is 4. The highest BCUT2D eigenvalue weighted by Crippen LogP contribution is 2.41. The van der Waals surface area contributed by atoms with Gasteiger partial charge in [-0.1, -0.05) is 19.8 Å². The van der Waals surface area contributed by atoms with Gasteiger partial charge >= 0.3 is 5.97 Å². The minimum absolute atomic E-state index is 0.192. The molecule has 2 N–H and O–H groups in total. The average Bonchev–Trinajstić information content (AvgIpc) is 2.28. The first-order valence-corrected chi connectivity index (χ1v) is 7.13. The summed E-state index contributed by atoms with van der Waals surface area (Å²) < 4.78 is 0. The second-order valence-electron chi connectivity index (χ2n) is 5.84. The Bertz CT molecular complexity index is 328. The fourth-order valence-corrected chi connectivity index (χ4v) is 3.11. The molecule has 4 heteroatoms. The molecule has 18 heavy (non-hydrogen) atoms. The molecule has 2 saturated carbocycles. The Morgan fingerprint density at radius 3 is 2.22 bits per heavy atom. The van der Waals surface area contributed by atoms with E-state index in [0.717, 1.165) is 38.0 Å². The summed E-state index contributed by atoms with van der Waals surface area (Å²) in [5.74, 6) is -0.412. The lowest BCUT2D eigenvalue weighted by Gasteiger charge is -2.38. The summed E-state index contributed by atoms with van der Waals surface area (Å²) in [5, 5.41) is 12.2. The molecule has 2 aliphatic carbocycles. The Morgan fingerprint density at radius 2 is 1.83 bits per heavy atom. The van der Waals surface area contributed by atoms with Gasteiger partial charge in [-0.2, -0.15) is 0 Å².